The molecule has 4 nitrogen and oxygen atoms in total. The van der Waals surface area contributed by atoms with E-state index in [1.165, 1.54) is 0 Å². The summed E-state index contributed by atoms with van der Waals surface area (Å²) in [6.07, 6.45) is 2.61. The molecular weight excluding hydrogens is 350 g/mol. The quantitative estimate of drug-likeness (QED) is 0.865. The Hall–Kier alpha value is -2.20. The molecule has 1 saturated carbocycles. The van der Waals surface area contributed by atoms with Crippen LogP contribution in [0, 0.1) is 0 Å². The predicted octanol–water partition coefficient (Wildman–Crippen LogP) is 4.41. The maximum absolute atomic E-state index is 12.9. The van der Waals surface area contributed by atoms with Crippen LogP contribution in [-0.4, -0.2) is 19.1 Å². The minimum Gasteiger partial charge on any atom is -0.490 e. The maximum Gasteiger partial charge on any atom is 0.231 e. The fourth-order valence-electron chi connectivity index (χ4n) is 3.41. The van der Waals surface area contributed by atoms with Gasteiger partial charge in [-0.1, -0.05) is 29.8 Å². The molecule has 4 rings (SSSR count). The van der Waals surface area contributed by atoms with Gasteiger partial charge in [-0.3, -0.25) is 4.79 Å². The molecule has 1 amide bonds. The SMILES string of the molecule is CC(NC(=O)C1(c2ccc(Cl)cc2)CC1)c1ccc2c(c1)OCCCO2. The number of halogens is 1. The van der Waals surface area contributed by atoms with Gasteiger partial charge in [0.15, 0.2) is 11.5 Å². The molecule has 0 bridgehead atoms. The van der Waals surface area contributed by atoms with Gasteiger partial charge in [0.2, 0.25) is 5.91 Å². The van der Waals surface area contributed by atoms with E-state index >= 15 is 0 Å². The van der Waals surface area contributed by atoms with E-state index in [1.54, 1.807) is 0 Å². The number of nitrogens with one attached hydrogen (secondary N) is 1. The van der Waals surface area contributed by atoms with E-state index in [2.05, 4.69) is 5.32 Å². The third-order valence-electron chi connectivity index (χ3n) is 5.20. The van der Waals surface area contributed by atoms with Gasteiger partial charge in [-0.2, -0.15) is 0 Å². The Morgan fingerprint density at radius 2 is 1.77 bits per heavy atom. The molecule has 2 aromatic rings. The van der Waals surface area contributed by atoms with E-state index in [1.807, 2.05) is 49.4 Å². The lowest BCUT2D eigenvalue weighted by Gasteiger charge is -2.21. The molecule has 0 radical (unpaired) electrons. The van der Waals surface area contributed by atoms with Crippen molar-refractivity contribution in [2.45, 2.75) is 37.6 Å². The second-order valence-corrected chi connectivity index (χ2v) is 7.48. The van der Waals surface area contributed by atoms with Crippen molar-refractivity contribution in [3.63, 3.8) is 0 Å². The molecule has 136 valence electrons. The zero-order valence-electron chi connectivity index (χ0n) is 14.8. The third kappa shape index (κ3) is 3.26. The Morgan fingerprint density at radius 3 is 2.46 bits per heavy atom. The van der Waals surface area contributed by atoms with Crippen molar-refractivity contribution < 1.29 is 14.3 Å². The van der Waals surface area contributed by atoms with Gasteiger partial charge in [-0.15, -0.1) is 0 Å². The first-order valence-electron chi connectivity index (χ1n) is 9.05. The van der Waals surface area contributed by atoms with E-state index < -0.39 is 5.41 Å². The van der Waals surface area contributed by atoms with Crippen molar-refractivity contribution in [2.24, 2.45) is 0 Å². The minimum absolute atomic E-state index is 0.0689. The summed E-state index contributed by atoms with van der Waals surface area (Å²) in [6.45, 7) is 3.31. The lowest BCUT2D eigenvalue weighted by Crippen LogP contribution is -2.36. The number of amides is 1. The third-order valence-corrected chi connectivity index (χ3v) is 5.45. The van der Waals surface area contributed by atoms with Gasteiger partial charge >= 0.3 is 0 Å². The summed E-state index contributed by atoms with van der Waals surface area (Å²) in [5, 5.41) is 3.85. The van der Waals surface area contributed by atoms with Crippen LogP contribution in [0.4, 0.5) is 0 Å². The summed E-state index contributed by atoms with van der Waals surface area (Å²) in [6, 6.07) is 13.4. The average Bonchev–Trinajstić information content (AvgIpc) is 3.46. The molecule has 0 aromatic heterocycles. The number of hydrogen-bond donors (Lipinski definition) is 1. The first-order chi connectivity index (χ1) is 12.6. The summed E-state index contributed by atoms with van der Waals surface area (Å²) in [4.78, 5) is 12.9. The molecule has 1 aliphatic carbocycles. The molecule has 1 unspecified atom stereocenters. The lowest BCUT2D eigenvalue weighted by molar-refractivity contribution is -0.124. The molecular formula is C21H22ClNO3. The van der Waals surface area contributed by atoms with Gasteiger partial charge in [-0.25, -0.2) is 0 Å². The number of rotatable bonds is 4. The maximum atomic E-state index is 12.9. The standard InChI is InChI=1S/C21H22ClNO3/c1-14(15-3-8-18-19(13-15)26-12-2-11-25-18)23-20(24)21(9-10-21)16-4-6-17(22)7-5-16/h3-8,13-14H,2,9-12H2,1H3,(H,23,24). The highest BCUT2D eigenvalue weighted by molar-refractivity contribution is 6.30. The highest BCUT2D eigenvalue weighted by atomic mass is 35.5. The van der Waals surface area contributed by atoms with Gasteiger partial charge in [0.05, 0.1) is 24.7 Å². The van der Waals surface area contributed by atoms with Gasteiger partial charge < -0.3 is 14.8 Å². The van der Waals surface area contributed by atoms with Gasteiger partial charge in [0.25, 0.3) is 0 Å². The second kappa shape index (κ2) is 6.84. The first-order valence-corrected chi connectivity index (χ1v) is 9.43. The van der Waals surface area contributed by atoms with Crippen molar-refractivity contribution in [3.8, 4) is 11.5 Å². The Morgan fingerprint density at radius 1 is 1.08 bits per heavy atom. The molecule has 0 spiro atoms. The molecule has 0 saturated heterocycles. The van der Waals surface area contributed by atoms with Crippen molar-refractivity contribution in [2.75, 3.05) is 13.2 Å². The van der Waals surface area contributed by atoms with E-state index in [4.69, 9.17) is 21.1 Å². The molecule has 1 aliphatic heterocycles. The molecule has 1 fully saturated rings. The highest BCUT2D eigenvalue weighted by Crippen LogP contribution is 2.49. The molecule has 2 aliphatic rings. The summed E-state index contributed by atoms with van der Waals surface area (Å²) in [5.74, 6) is 1.59. The van der Waals surface area contributed by atoms with Crippen LogP contribution in [0.25, 0.3) is 0 Å². The van der Waals surface area contributed by atoms with Crippen LogP contribution >= 0.6 is 11.6 Å². The van der Waals surface area contributed by atoms with Crippen molar-refractivity contribution in [3.05, 3.63) is 58.6 Å². The van der Waals surface area contributed by atoms with Crippen LogP contribution in [0.15, 0.2) is 42.5 Å². The summed E-state index contributed by atoms with van der Waals surface area (Å²) in [5.41, 5.74) is 1.63. The highest BCUT2D eigenvalue weighted by Gasteiger charge is 2.51. The van der Waals surface area contributed by atoms with Gasteiger partial charge in [0.1, 0.15) is 0 Å². The van der Waals surface area contributed by atoms with E-state index in [-0.39, 0.29) is 11.9 Å². The Labute approximate surface area is 158 Å². The summed E-state index contributed by atoms with van der Waals surface area (Å²) >= 11 is 5.97. The zero-order valence-corrected chi connectivity index (χ0v) is 15.5. The molecule has 1 heterocycles. The number of ether oxygens (including phenoxy) is 2. The topological polar surface area (TPSA) is 47.6 Å². The molecule has 2 aromatic carbocycles. The number of carbonyl (C=O) groups is 1. The average molecular weight is 372 g/mol. The number of hydrogen-bond acceptors (Lipinski definition) is 3. The van der Waals surface area contributed by atoms with Crippen LogP contribution in [0.2, 0.25) is 5.02 Å². The zero-order chi connectivity index (χ0) is 18.1. The van der Waals surface area contributed by atoms with Crippen molar-refractivity contribution >= 4 is 17.5 Å². The Balaban J connectivity index is 1.49. The largest absolute Gasteiger partial charge is 0.490 e. The molecule has 1 atom stereocenters. The molecule has 1 N–H and O–H groups in total. The van der Waals surface area contributed by atoms with Crippen LogP contribution in [0.1, 0.15) is 43.4 Å². The summed E-state index contributed by atoms with van der Waals surface area (Å²) in [7, 11) is 0. The fourth-order valence-corrected chi connectivity index (χ4v) is 3.53. The monoisotopic (exact) mass is 371 g/mol. The molecule has 5 heteroatoms. The fraction of sp³-hybridized carbons (Fsp3) is 0.381. The minimum atomic E-state index is -0.413. The lowest BCUT2D eigenvalue weighted by atomic mass is 9.94. The van der Waals surface area contributed by atoms with Gasteiger partial charge in [0, 0.05) is 11.4 Å². The first kappa shape index (κ1) is 17.2. The Kier molecular flexibility index (Phi) is 4.53. The van der Waals surface area contributed by atoms with Crippen LogP contribution < -0.4 is 14.8 Å². The summed E-state index contributed by atoms with van der Waals surface area (Å²) < 4.78 is 11.4. The van der Waals surface area contributed by atoms with Crippen LogP contribution in [0.5, 0.6) is 11.5 Å². The van der Waals surface area contributed by atoms with Gasteiger partial charge in [-0.05, 0) is 55.2 Å². The number of fused-ring (bicyclic) bond motifs is 1. The van der Waals surface area contributed by atoms with Crippen LogP contribution in [-0.2, 0) is 10.2 Å². The number of benzene rings is 2. The van der Waals surface area contributed by atoms with E-state index in [0.29, 0.717) is 18.2 Å². The van der Waals surface area contributed by atoms with Crippen LogP contribution in [0.3, 0.4) is 0 Å². The smallest absolute Gasteiger partial charge is 0.231 e. The second-order valence-electron chi connectivity index (χ2n) is 7.04. The number of carbonyl (C=O) groups excluding carboxylic acids is 1. The van der Waals surface area contributed by atoms with E-state index in [9.17, 15) is 4.79 Å². The Bertz CT molecular complexity index is 815. The van der Waals surface area contributed by atoms with Crippen molar-refractivity contribution in [1.82, 2.24) is 5.32 Å². The normalized spacial score (nSPS) is 18.5. The predicted molar refractivity (Wildman–Crippen MR) is 101 cm³/mol. The van der Waals surface area contributed by atoms with Crippen molar-refractivity contribution in [1.29, 1.82) is 0 Å². The molecule has 26 heavy (non-hydrogen) atoms. The van der Waals surface area contributed by atoms with E-state index in [0.717, 1.165) is 41.9 Å².